The lowest BCUT2D eigenvalue weighted by atomic mass is 10.1. The third kappa shape index (κ3) is 8.71. The van der Waals surface area contributed by atoms with E-state index in [1.54, 1.807) is 24.3 Å². The van der Waals surface area contributed by atoms with Crippen LogP contribution < -0.4 is 0 Å². The van der Waals surface area contributed by atoms with Crippen molar-refractivity contribution in [2.24, 2.45) is 0 Å². The Labute approximate surface area is 151 Å². The van der Waals surface area contributed by atoms with Crippen molar-refractivity contribution < 1.29 is 19.1 Å². The minimum atomic E-state index is -0.522. The zero-order valence-corrected chi connectivity index (χ0v) is 15.7. The number of hydrogen-bond acceptors (Lipinski definition) is 4. The van der Waals surface area contributed by atoms with Gasteiger partial charge in [0.15, 0.2) is 0 Å². The molecule has 0 aromatic heterocycles. The molecule has 0 amide bonds. The molecule has 0 atom stereocenters. The highest BCUT2D eigenvalue weighted by molar-refractivity contribution is 6.03. The van der Waals surface area contributed by atoms with Crippen LogP contribution in [0.25, 0.3) is 0 Å². The van der Waals surface area contributed by atoms with Gasteiger partial charge in [-0.05, 0) is 18.6 Å². The van der Waals surface area contributed by atoms with Crippen molar-refractivity contribution in [2.75, 3.05) is 13.7 Å². The van der Waals surface area contributed by atoms with E-state index < -0.39 is 11.9 Å². The molecule has 4 nitrogen and oxygen atoms in total. The highest BCUT2D eigenvalue weighted by Gasteiger charge is 2.17. The number of carbonyl (C=O) groups excluding carboxylic acids is 2. The monoisotopic (exact) mass is 348 g/mol. The summed E-state index contributed by atoms with van der Waals surface area (Å²) in [7, 11) is 1.30. The first-order valence-electron chi connectivity index (χ1n) is 9.55. The van der Waals surface area contributed by atoms with Crippen LogP contribution in [0.3, 0.4) is 0 Å². The molecular formula is C21H32O4. The molecule has 0 N–H and O–H groups in total. The van der Waals surface area contributed by atoms with Crippen LogP contribution >= 0.6 is 0 Å². The maximum absolute atomic E-state index is 12.1. The zero-order chi connectivity index (χ0) is 18.3. The molecule has 0 heterocycles. The zero-order valence-electron chi connectivity index (χ0n) is 15.7. The summed E-state index contributed by atoms with van der Waals surface area (Å²) >= 11 is 0. The largest absolute Gasteiger partial charge is 0.465 e. The molecule has 0 bridgehead atoms. The van der Waals surface area contributed by atoms with Gasteiger partial charge in [0.1, 0.15) is 0 Å². The summed E-state index contributed by atoms with van der Waals surface area (Å²) in [6.07, 6.45) is 12.4. The molecule has 0 saturated heterocycles. The normalized spacial score (nSPS) is 10.5. The van der Waals surface area contributed by atoms with Crippen LogP contribution in [0.5, 0.6) is 0 Å². The van der Waals surface area contributed by atoms with Crippen LogP contribution in [0.2, 0.25) is 0 Å². The van der Waals surface area contributed by atoms with E-state index in [0.29, 0.717) is 6.61 Å². The summed E-state index contributed by atoms with van der Waals surface area (Å²) in [5.41, 5.74) is 0.513. The van der Waals surface area contributed by atoms with E-state index in [1.807, 2.05) is 0 Å². The lowest BCUT2D eigenvalue weighted by Crippen LogP contribution is -2.13. The van der Waals surface area contributed by atoms with Crippen molar-refractivity contribution >= 4 is 11.9 Å². The van der Waals surface area contributed by atoms with Crippen LogP contribution in [-0.4, -0.2) is 25.7 Å². The van der Waals surface area contributed by atoms with Gasteiger partial charge in [0.05, 0.1) is 24.8 Å². The summed E-state index contributed by atoms with van der Waals surface area (Å²) in [4.78, 5) is 23.8. The maximum Gasteiger partial charge on any atom is 0.339 e. The van der Waals surface area contributed by atoms with Crippen molar-refractivity contribution in [1.82, 2.24) is 0 Å². The Morgan fingerprint density at radius 2 is 1.24 bits per heavy atom. The lowest BCUT2D eigenvalue weighted by molar-refractivity contribution is 0.0480. The molecule has 0 radical (unpaired) electrons. The highest BCUT2D eigenvalue weighted by Crippen LogP contribution is 2.13. The Balaban J connectivity index is 2.15. The number of ether oxygens (including phenoxy) is 2. The fraction of sp³-hybridized carbons (Fsp3) is 0.619. The maximum atomic E-state index is 12.1. The van der Waals surface area contributed by atoms with E-state index in [4.69, 9.17) is 9.47 Å². The van der Waals surface area contributed by atoms with Gasteiger partial charge in [-0.2, -0.15) is 0 Å². The summed E-state index contributed by atoms with van der Waals surface area (Å²) in [6, 6.07) is 6.57. The summed E-state index contributed by atoms with van der Waals surface area (Å²) in [5.74, 6) is -0.983. The summed E-state index contributed by atoms with van der Waals surface area (Å²) in [6.45, 7) is 2.63. The van der Waals surface area contributed by atoms with Gasteiger partial charge in [-0.3, -0.25) is 0 Å². The van der Waals surface area contributed by atoms with Gasteiger partial charge in [0.25, 0.3) is 0 Å². The van der Waals surface area contributed by atoms with E-state index in [1.165, 1.54) is 58.5 Å². The number of benzene rings is 1. The van der Waals surface area contributed by atoms with E-state index >= 15 is 0 Å². The van der Waals surface area contributed by atoms with E-state index in [2.05, 4.69) is 6.92 Å². The second-order valence-corrected chi connectivity index (χ2v) is 6.36. The van der Waals surface area contributed by atoms with Crippen LogP contribution in [0, 0.1) is 0 Å². The molecule has 0 unspecified atom stereocenters. The molecule has 1 rings (SSSR count). The van der Waals surface area contributed by atoms with Gasteiger partial charge < -0.3 is 9.47 Å². The van der Waals surface area contributed by atoms with Crippen molar-refractivity contribution in [1.29, 1.82) is 0 Å². The molecule has 0 aliphatic heterocycles. The first kappa shape index (κ1) is 21.2. The molecule has 4 heteroatoms. The molecule has 0 fully saturated rings. The summed E-state index contributed by atoms with van der Waals surface area (Å²) in [5, 5.41) is 0. The standard InChI is InChI=1S/C21H32O4/c1-3-4-5-6-7-8-9-10-11-14-17-25-21(23)19-16-13-12-15-18(19)20(22)24-2/h12-13,15-16H,3-11,14,17H2,1-2H3. The Bertz CT molecular complexity index is 510. The van der Waals surface area contributed by atoms with Gasteiger partial charge in [-0.1, -0.05) is 76.8 Å². The number of methoxy groups -OCH3 is 1. The van der Waals surface area contributed by atoms with E-state index in [0.717, 1.165) is 12.8 Å². The number of hydrogen-bond donors (Lipinski definition) is 0. The average molecular weight is 348 g/mol. The SMILES string of the molecule is CCCCCCCCCCCCOC(=O)c1ccccc1C(=O)OC. The lowest BCUT2D eigenvalue weighted by Gasteiger charge is -2.08. The molecule has 0 aliphatic rings. The highest BCUT2D eigenvalue weighted by atomic mass is 16.5. The Morgan fingerprint density at radius 1 is 0.760 bits per heavy atom. The predicted molar refractivity (Wildman–Crippen MR) is 99.9 cm³/mol. The fourth-order valence-corrected chi connectivity index (χ4v) is 2.78. The second-order valence-electron chi connectivity index (χ2n) is 6.36. The Kier molecular flexibility index (Phi) is 11.4. The Hall–Kier alpha value is -1.84. The molecule has 0 saturated carbocycles. The minimum absolute atomic E-state index is 0.248. The number of rotatable bonds is 13. The van der Waals surface area contributed by atoms with Crippen LogP contribution in [0.4, 0.5) is 0 Å². The molecule has 0 aliphatic carbocycles. The van der Waals surface area contributed by atoms with Gasteiger partial charge in [-0.15, -0.1) is 0 Å². The molecule has 25 heavy (non-hydrogen) atoms. The van der Waals surface area contributed by atoms with Crippen molar-refractivity contribution in [3.8, 4) is 0 Å². The smallest absolute Gasteiger partial charge is 0.339 e. The van der Waals surface area contributed by atoms with Gasteiger partial charge in [0.2, 0.25) is 0 Å². The number of esters is 2. The van der Waals surface area contributed by atoms with Gasteiger partial charge in [-0.25, -0.2) is 9.59 Å². The topological polar surface area (TPSA) is 52.6 Å². The van der Waals surface area contributed by atoms with Gasteiger partial charge >= 0.3 is 11.9 Å². The van der Waals surface area contributed by atoms with E-state index in [9.17, 15) is 9.59 Å². The van der Waals surface area contributed by atoms with Crippen LogP contribution in [-0.2, 0) is 9.47 Å². The fourth-order valence-electron chi connectivity index (χ4n) is 2.78. The number of carbonyl (C=O) groups is 2. The third-order valence-electron chi connectivity index (χ3n) is 4.28. The van der Waals surface area contributed by atoms with Crippen LogP contribution in [0.15, 0.2) is 24.3 Å². The quantitative estimate of drug-likeness (QED) is 0.346. The molecule has 1 aromatic rings. The van der Waals surface area contributed by atoms with Crippen LogP contribution in [0.1, 0.15) is 91.8 Å². The third-order valence-corrected chi connectivity index (χ3v) is 4.28. The van der Waals surface area contributed by atoms with E-state index in [-0.39, 0.29) is 11.1 Å². The Morgan fingerprint density at radius 3 is 1.76 bits per heavy atom. The van der Waals surface area contributed by atoms with Crippen molar-refractivity contribution in [2.45, 2.75) is 71.1 Å². The minimum Gasteiger partial charge on any atom is -0.465 e. The van der Waals surface area contributed by atoms with Crippen molar-refractivity contribution in [3.05, 3.63) is 35.4 Å². The molecule has 0 spiro atoms. The molecule has 140 valence electrons. The first-order chi connectivity index (χ1) is 12.2. The predicted octanol–water partition coefficient (Wildman–Crippen LogP) is 5.55. The van der Waals surface area contributed by atoms with Crippen molar-refractivity contribution in [3.63, 3.8) is 0 Å². The first-order valence-corrected chi connectivity index (χ1v) is 9.55. The molecule has 1 aromatic carbocycles. The second kappa shape index (κ2) is 13.5. The number of unbranched alkanes of at least 4 members (excludes halogenated alkanes) is 9. The molecular weight excluding hydrogens is 316 g/mol. The summed E-state index contributed by atoms with van der Waals surface area (Å²) < 4.78 is 9.98. The van der Waals surface area contributed by atoms with Gasteiger partial charge in [0, 0.05) is 0 Å². The average Bonchev–Trinajstić information content (AvgIpc) is 2.65.